The zero-order chi connectivity index (χ0) is 19.9. The third kappa shape index (κ3) is 5.06. The predicted molar refractivity (Wildman–Crippen MR) is 111 cm³/mol. The molecule has 1 aliphatic heterocycles. The van der Waals surface area contributed by atoms with Crippen LogP contribution in [0, 0.1) is 0 Å². The summed E-state index contributed by atoms with van der Waals surface area (Å²) in [6.45, 7) is 5.82. The third-order valence-corrected chi connectivity index (χ3v) is 5.09. The molecule has 5 heteroatoms. The van der Waals surface area contributed by atoms with Gasteiger partial charge in [-0.1, -0.05) is 24.3 Å². The van der Waals surface area contributed by atoms with Crippen molar-refractivity contribution in [2.75, 3.05) is 19.9 Å². The Bertz CT molecular complexity index is 930. The van der Waals surface area contributed by atoms with Crippen molar-refractivity contribution >= 4 is 0 Å². The van der Waals surface area contributed by atoms with Gasteiger partial charge in [0.15, 0.2) is 11.5 Å². The topological polar surface area (TPSA) is 45.0 Å². The third-order valence-electron chi connectivity index (χ3n) is 5.09. The molecule has 1 atom stereocenters. The molecule has 0 radical (unpaired) electrons. The van der Waals surface area contributed by atoms with Gasteiger partial charge >= 0.3 is 0 Å². The Kier molecular flexibility index (Phi) is 6.27. The van der Waals surface area contributed by atoms with E-state index in [9.17, 15) is 0 Å². The van der Waals surface area contributed by atoms with Crippen LogP contribution in [0.4, 0.5) is 0 Å². The van der Waals surface area contributed by atoms with E-state index >= 15 is 0 Å². The van der Waals surface area contributed by atoms with Gasteiger partial charge in [-0.3, -0.25) is 4.98 Å². The van der Waals surface area contributed by atoms with E-state index in [1.54, 1.807) is 0 Å². The lowest BCUT2D eigenvalue weighted by atomic mass is 10.1. The fourth-order valence-electron chi connectivity index (χ4n) is 3.66. The van der Waals surface area contributed by atoms with Gasteiger partial charge in [0.25, 0.3) is 0 Å². The lowest BCUT2D eigenvalue weighted by molar-refractivity contribution is -0.927. The maximum absolute atomic E-state index is 5.85. The Balaban J connectivity index is 1.49. The number of nitrogens with one attached hydrogen (secondary N) is 1. The molecule has 0 saturated carbocycles. The van der Waals surface area contributed by atoms with Gasteiger partial charge in [-0.05, 0) is 42.8 Å². The lowest BCUT2D eigenvalue weighted by Crippen LogP contribution is -3.09. The van der Waals surface area contributed by atoms with E-state index < -0.39 is 0 Å². The van der Waals surface area contributed by atoms with E-state index in [-0.39, 0.29) is 0 Å². The largest absolute Gasteiger partial charge is 0.493 e. The molecule has 0 spiro atoms. The van der Waals surface area contributed by atoms with Gasteiger partial charge in [-0.2, -0.15) is 0 Å². The molecule has 1 unspecified atom stereocenters. The van der Waals surface area contributed by atoms with Gasteiger partial charge in [0.2, 0.25) is 6.79 Å². The Hall–Kier alpha value is -3.05. The molecule has 0 bridgehead atoms. The Labute approximate surface area is 171 Å². The fourth-order valence-corrected chi connectivity index (χ4v) is 3.66. The average Bonchev–Trinajstić information content (AvgIpc) is 3.22. The summed E-state index contributed by atoms with van der Waals surface area (Å²) >= 11 is 0. The van der Waals surface area contributed by atoms with Crippen LogP contribution in [0.5, 0.6) is 17.2 Å². The standard InChI is InChI=1S/C24H26N2O3/c1-2-27-22-8-4-3-7-21(22)17-26(16-20-6-5-12-25-15-20)13-11-19-9-10-23-24(14-19)29-18-28-23/h3-10,12,14-15H,2,11,13,16-18H2,1H3/p+1. The Morgan fingerprint density at radius 1 is 0.966 bits per heavy atom. The molecule has 150 valence electrons. The summed E-state index contributed by atoms with van der Waals surface area (Å²) in [6.07, 6.45) is 4.73. The number of para-hydroxylation sites is 1. The minimum absolute atomic E-state index is 0.311. The highest BCUT2D eigenvalue weighted by atomic mass is 16.7. The van der Waals surface area contributed by atoms with Gasteiger partial charge in [-0.25, -0.2) is 0 Å². The minimum atomic E-state index is 0.311. The Morgan fingerprint density at radius 3 is 2.72 bits per heavy atom. The van der Waals surface area contributed by atoms with Crippen molar-refractivity contribution in [3.8, 4) is 17.2 Å². The fraction of sp³-hybridized carbons (Fsp3) is 0.292. The van der Waals surface area contributed by atoms with Crippen LogP contribution in [-0.4, -0.2) is 24.9 Å². The molecule has 0 saturated heterocycles. The molecule has 1 N–H and O–H groups in total. The number of hydrogen-bond donors (Lipinski definition) is 1. The molecule has 3 aromatic rings. The SMILES string of the molecule is CCOc1ccccc1C[NH+](CCc1ccc2c(c1)OCO2)Cc1cccnc1. The second-order valence-corrected chi connectivity index (χ2v) is 7.19. The van der Waals surface area contributed by atoms with Gasteiger partial charge in [0, 0.05) is 29.9 Å². The van der Waals surface area contributed by atoms with E-state index in [1.807, 2.05) is 37.5 Å². The number of ether oxygens (including phenoxy) is 3. The summed E-state index contributed by atoms with van der Waals surface area (Å²) in [6, 6.07) is 18.7. The molecular formula is C24H27N2O3+. The van der Waals surface area contributed by atoms with Crippen molar-refractivity contribution in [1.29, 1.82) is 0 Å². The van der Waals surface area contributed by atoms with Crippen LogP contribution >= 0.6 is 0 Å². The number of pyridine rings is 1. The van der Waals surface area contributed by atoms with E-state index in [4.69, 9.17) is 14.2 Å². The van der Waals surface area contributed by atoms with Crippen LogP contribution in [0.25, 0.3) is 0 Å². The Morgan fingerprint density at radius 2 is 1.86 bits per heavy atom. The first-order valence-corrected chi connectivity index (χ1v) is 10.1. The zero-order valence-corrected chi connectivity index (χ0v) is 16.8. The first-order chi connectivity index (χ1) is 14.3. The number of nitrogens with zero attached hydrogens (tertiary/aromatic N) is 1. The van der Waals surface area contributed by atoms with E-state index in [0.717, 1.165) is 43.3 Å². The van der Waals surface area contributed by atoms with Crippen molar-refractivity contribution in [2.45, 2.75) is 26.4 Å². The molecule has 1 aliphatic rings. The highest BCUT2D eigenvalue weighted by Crippen LogP contribution is 2.32. The number of rotatable bonds is 9. The van der Waals surface area contributed by atoms with Crippen LogP contribution in [0.3, 0.4) is 0 Å². The van der Waals surface area contributed by atoms with Crippen LogP contribution in [0.2, 0.25) is 0 Å². The summed E-state index contributed by atoms with van der Waals surface area (Å²) in [5.41, 5.74) is 3.73. The van der Waals surface area contributed by atoms with Gasteiger partial charge in [-0.15, -0.1) is 0 Å². The molecule has 0 aliphatic carbocycles. The molecule has 0 amide bonds. The van der Waals surface area contributed by atoms with Crippen molar-refractivity contribution in [1.82, 2.24) is 4.98 Å². The van der Waals surface area contributed by atoms with E-state index in [0.29, 0.717) is 13.4 Å². The zero-order valence-electron chi connectivity index (χ0n) is 16.8. The van der Waals surface area contributed by atoms with Crippen LogP contribution in [0.1, 0.15) is 23.6 Å². The summed E-state index contributed by atoms with van der Waals surface area (Å²) in [5.74, 6) is 2.65. The maximum Gasteiger partial charge on any atom is 0.231 e. The summed E-state index contributed by atoms with van der Waals surface area (Å²) in [5, 5.41) is 0. The monoisotopic (exact) mass is 391 g/mol. The number of fused-ring (bicyclic) bond motifs is 1. The number of benzene rings is 2. The second-order valence-electron chi connectivity index (χ2n) is 7.19. The molecule has 0 fully saturated rings. The lowest BCUT2D eigenvalue weighted by Gasteiger charge is -2.21. The minimum Gasteiger partial charge on any atom is -0.493 e. The van der Waals surface area contributed by atoms with E-state index in [1.165, 1.54) is 21.6 Å². The first kappa shape index (κ1) is 19.3. The van der Waals surface area contributed by atoms with Crippen LogP contribution in [0.15, 0.2) is 67.0 Å². The van der Waals surface area contributed by atoms with Gasteiger partial charge in [0.05, 0.1) is 13.2 Å². The molecule has 29 heavy (non-hydrogen) atoms. The summed E-state index contributed by atoms with van der Waals surface area (Å²) in [4.78, 5) is 5.74. The number of hydrogen-bond acceptors (Lipinski definition) is 4. The predicted octanol–water partition coefficient (Wildman–Crippen LogP) is 3.04. The van der Waals surface area contributed by atoms with Gasteiger partial charge in [0.1, 0.15) is 18.8 Å². The van der Waals surface area contributed by atoms with Gasteiger partial charge < -0.3 is 19.1 Å². The number of quaternary nitrogens is 1. The molecule has 5 nitrogen and oxygen atoms in total. The highest BCUT2D eigenvalue weighted by molar-refractivity contribution is 5.44. The van der Waals surface area contributed by atoms with Crippen molar-refractivity contribution in [2.24, 2.45) is 0 Å². The van der Waals surface area contributed by atoms with Crippen LogP contribution < -0.4 is 19.1 Å². The summed E-state index contributed by atoms with van der Waals surface area (Å²) < 4.78 is 16.8. The van der Waals surface area contributed by atoms with Crippen molar-refractivity contribution < 1.29 is 19.1 Å². The highest BCUT2D eigenvalue weighted by Gasteiger charge is 2.17. The molecule has 2 heterocycles. The van der Waals surface area contributed by atoms with Crippen LogP contribution in [-0.2, 0) is 19.5 Å². The second kappa shape index (κ2) is 9.43. The first-order valence-electron chi connectivity index (χ1n) is 10.1. The van der Waals surface area contributed by atoms with Crippen molar-refractivity contribution in [3.63, 3.8) is 0 Å². The molecule has 2 aromatic carbocycles. The molecule has 4 rings (SSSR count). The molecule has 1 aromatic heterocycles. The average molecular weight is 391 g/mol. The van der Waals surface area contributed by atoms with E-state index in [2.05, 4.69) is 41.4 Å². The number of aromatic nitrogens is 1. The smallest absolute Gasteiger partial charge is 0.231 e. The maximum atomic E-state index is 5.85. The molecular weight excluding hydrogens is 364 g/mol. The summed E-state index contributed by atoms with van der Waals surface area (Å²) in [7, 11) is 0. The quantitative estimate of drug-likeness (QED) is 0.609. The normalized spacial score (nSPS) is 13.3. The van der Waals surface area contributed by atoms with Crippen molar-refractivity contribution in [3.05, 3.63) is 83.7 Å².